The van der Waals surface area contributed by atoms with Crippen LogP contribution in [0.25, 0.3) is 17.4 Å². The van der Waals surface area contributed by atoms with Crippen molar-refractivity contribution in [3.8, 4) is 11.3 Å². The van der Waals surface area contributed by atoms with E-state index in [1.54, 1.807) is 25.3 Å². The number of hydrogen-bond donors (Lipinski definition) is 4. The first-order chi connectivity index (χ1) is 35.9. The SMILES string of the molecule is COCCOCCOCCOCC[N+](CCCS(=O)(=O)O)=c1ccc2c(C(C)(C)C)cc(/C=C/C=C3/N(CCOCCOCCOCCOCCC(=O)O)c4ccc(S(=O)(=O)O)cc4C3(C)CCCS(=O)(=O)O)oc-2c1. The van der Waals surface area contributed by atoms with E-state index < -0.39 is 53.2 Å². The standard InChI is InChI=1S/C51H76N2O20S3/c1-50(2,3)44-38-41(73-47-37-40(11-13-43(44)47)52(17-8-36-75(59,60)61)18-21-67-26-29-71-32-31-69-24-23-65-5)9-6-10-48-51(4,16-7-35-74(56,57)58)45-39-42(76(62,63)64)12-14-46(45)53(48)19-22-68-27-30-72-34-33-70-28-25-66-20-15-49(54)55/h6,9-14,37-39H,7-8,15-36H2,1-5H3,(H3-,54,55,56,57,58,59,60,61,62,63,64)/p+1. The van der Waals surface area contributed by atoms with Gasteiger partial charge in [-0.3, -0.25) is 18.5 Å². The van der Waals surface area contributed by atoms with Gasteiger partial charge < -0.3 is 52.3 Å². The lowest BCUT2D eigenvalue weighted by atomic mass is 9.77. The molecule has 0 radical (unpaired) electrons. The van der Waals surface area contributed by atoms with Crippen molar-refractivity contribution < 1.29 is 91.1 Å². The Kier molecular flexibility index (Phi) is 26.6. The number of carboxylic acid groups (broad SMARTS) is 1. The quantitative estimate of drug-likeness (QED) is 0.0347. The molecule has 1 aromatic carbocycles. The smallest absolute Gasteiger partial charge is 0.305 e. The highest BCUT2D eigenvalue weighted by Crippen LogP contribution is 2.51. The Labute approximate surface area is 447 Å². The molecular formula is C51H77N2O20S3+. The normalized spacial score (nSPS) is 16.4. The molecule has 0 bridgehead atoms. The number of methoxy groups -OCH3 is 1. The summed E-state index contributed by atoms with van der Waals surface area (Å²) in [6, 6.07) is 11.9. The van der Waals surface area contributed by atoms with Crippen molar-refractivity contribution in [3.05, 3.63) is 82.6 Å². The summed E-state index contributed by atoms with van der Waals surface area (Å²) in [6.45, 7) is 13.6. The van der Waals surface area contributed by atoms with E-state index in [9.17, 15) is 43.7 Å². The average Bonchev–Trinajstić information content (AvgIpc) is 3.56. The molecule has 1 unspecified atom stereocenters. The summed E-state index contributed by atoms with van der Waals surface area (Å²) >= 11 is 0. The molecule has 4 N–H and O–H groups in total. The van der Waals surface area contributed by atoms with Crippen LogP contribution in [-0.2, 0) is 83.9 Å². The Morgan fingerprint density at radius 1 is 0.697 bits per heavy atom. The maximum atomic E-state index is 12.5. The summed E-state index contributed by atoms with van der Waals surface area (Å²) in [5, 5.41) is 9.42. The number of rotatable bonds is 38. The summed E-state index contributed by atoms with van der Waals surface area (Å²) in [4.78, 5) is 12.2. The van der Waals surface area contributed by atoms with Crippen LogP contribution in [0.15, 0.2) is 69.6 Å². The third-order valence-corrected chi connectivity index (χ3v) is 14.5. The van der Waals surface area contributed by atoms with E-state index in [4.69, 9.17) is 47.4 Å². The van der Waals surface area contributed by atoms with Gasteiger partial charge >= 0.3 is 5.97 Å². The van der Waals surface area contributed by atoms with Crippen molar-refractivity contribution in [1.29, 1.82) is 0 Å². The predicted molar refractivity (Wildman–Crippen MR) is 284 cm³/mol. The molecule has 3 aliphatic rings. The van der Waals surface area contributed by atoms with Crippen LogP contribution in [0.2, 0.25) is 0 Å². The molecular weight excluding hydrogens is 1060 g/mol. The number of ether oxygens (including phenoxy) is 8. The van der Waals surface area contributed by atoms with Gasteiger partial charge in [0.1, 0.15) is 24.7 Å². The van der Waals surface area contributed by atoms with E-state index >= 15 is 0 Å². The molecule has 1 aliphatic carbocycles. The van der Waals surface area contributed by atoms with E-state index in [1.807, 2.05) is 46.7 Å². The molecule has 0 saturated carbocycles. The highest BCUT2D eigenvalue weighted by Gasteiger charge is 2.44. The van der Waals surface area contributed by atoms with Crippen LogP contribution in [0.5, 0.6) is 0 Å². The van der Waals surface area contributed by atoms with Crippen LogP contribution in [-0.4, -0.2) is 187 Å². The zero-order valence-electron chi connectivity index (χ0n) is 44.2. The largest absolute Gasteiger partial charge is 0.481 e. The summed E-state index contributed by atoms with van der Waals surface area (Å²) < 4.78 is 154. The summed E-state index contributed by atoms with van der Waals surface area (Å²) in [5.74, 6) is -0.907. The molecule has 1 atom stereocenters. The van der Waals surface area contributed by atoms with Crippen molar-refractivity contribution in [3.63, 3.8) is 0 Å². The number of carboxylic acids is 1. The van der Waals surface area contributed by atoms with Gasteiger partial charge in [-0.25, -0.2) is 4.58 Å². The molecule has 22 nitrogen and oxygen atoms in total. The van der Waals surface area contributed by atoms with E-state index in [-0.39, 0.29) is 95.3 Å². The van der Waals surface area contributed by atoms with Crippen LogP contribution in [0.4, 0.5) is 5.69 Å². The minimum absolute atomic E-state index is 0.00554. The third-order valence-electron chi connectivity index (χ3n) is 12.1. The minimum Gasteiger partial charge on any atom is -0.481 e. The van der Waals surface area contributed by atoms with Crippen LogP contribution in [0.1, 0.15) is 70.3 Å². The number of hydrogen-bond acceptors (Lipinski definition) is 17. The lowest BCUT2D eigenvalue weighted by molar-refractivity contribution is -0.138. The Morgan fingerprint density at radius 3 is 1.80 bits per heavy atom. The van der Waals surface area contributed by atoms with Crippen molar-refractivity contribution in [2.75, 3.05) is 142 Å². The van der Waals surface area contributed by atoms with E-state index in [0.29, 0.717) is 87.9 Å². The first kappa shape index (κ1) is 64.3. The fraction of sp³-hybridized carbons (Fsp3) is 0.608. The maximum Gasteiger partial charge on any atom is 0.305 e. The number of benzene rings is 2. The van der Waals surface area contributed by atoms with Gasteiger partial charge in [0.2, 0.25) is 5.36 Å². The van der Waals surface area contributed by atoms with Crippen molar-refractivity contribution in [2.45, 2.75) is 69.1 Å². The van der Waals surface area contributed by atoms with Gasteiger partial charge in [0.15, 0.2) is 6.54 Å². The Balaban J connectivity index is 1.64. The molecule has 2 aliphatic heterocycles. The second kappa shape index (κ2) is 31.4. The molecule has 0 fully saturated rings. The fourth-order valence-corrected chi connectivity index (χ4v) is 9.89. The maximum absolute atomic E-state index is 12.5. The zero-order chi connectivity index (χ0) is 55.8. The summed E-state index contributed by atoms with van der Waals surface area (Å²) in [5.41, 5.74) is 2.15. The predicted octanol–water partition coefficient (Wildman–Crippen LogP) is 4.56. The molecule has 1 aromatic rings. The van der Waals surface area contributed by atoms with Crippen LogP contribution in [0, 0.1) is 0 Å². The number of allylic oxidation sites excluding steroid dienone is 3. The van der Waals surface area contributed by atoms with Gasteiger partial charge in [0.05, 0.1) is 121 Å². The molecule has 4 rings (SSSR count). The molecule has 0 spiro atoms. The van der Waals surface area contributed by atoms with E-state index in [1.165, 1.54) is 12.1 Å². The van der Waals surface area contributed by atoms with Crippen LogP contribution in [0.3, 0.4) is 0 Å². The number of aliphatic carboxylic acids is 1. The van der Waals surface area contributed by atoms with Crippen LogP contribution < -0.4 is 14.8 Å². The zero-order valence-corrected chi connectivity index (χ0v) is 46.6. The molecule has 0 aromatic heterocycles. The molecule has 0 saturated heterocycles. The first-order valence-corrected chi connectivity index (χ1v) is 29.7. The Morgan fingerprint density at radius 2 is 1.25 bits per heavy atom. The van der Waals surface area contributed by atoms with Crippen molar-refractivity contribution >= 4 is 48.1 Å². The topological polar surface area (TPSA) is 294 Å². The van der Waals surface area contributed by atoms with Gasteiger partial charge in [-0.05, 0) is 78.8 Å². The van der Waals surface area contributed by atoms with Crippen LogP contribution >= 0.6 is 0 Å². The fourth-order valence-electron chi connectivity index (χ4n) is 8.38. The van der Waals surface area contributed by atoms with Gasteiger partial charge in [0, 0.05) is 48.5 Å². The van der Waals surface area contributed by atoms with Gasteiger partial charge in [-0.2, -0.15) is 25.3 Å². The second-order valence-corrected chi connectivity index (χ2v) is 23.5. The first-order valence-electron chi connectivity index (χ1n) is 25.0. The highest BCUT2D eigenvalue weighted by atomic mass is 32.2. The molecule has 428 valence electrons. The molecule has 25 heteroatoms. The number of carbonyl (C=O) groups is 1. The second-order valence-electron chi connectivity index (χ2n) is 19.0. The number of anilines is 1. The molecule has 2 heterocycles. The number of nitrogens with zero attached hydrogens (tertiary/aromatic N) is 2. The highest BCUT2D eigenvalue weighted by molar-refractivity contribution is 7.86. The third kappa shape index (κ3) is 22.6. The summed E-state index contributed by atoms with van der Waals surface area (Å²) in [6.07, 6.45) is 5.59. The Bertz CT molecular complexity index is 2740. The lowest BCUT2D eigenvalue weighted by Gasteiger charge is -2.30. The average molecular weight is 1130 g/mol. The minimum atomic E-state index is -4.65. The molecule has 0 amide bonds. The van der Waals surface area contributed by atoms with Gasteiger partial charge in [-0.1, -0.05) is 26.8 Å². The van der Waals surface area contributed by atoms with E-state index in [2.05, 4.69) is 20.8 Å². The number of fused-ring (bicyclic) bond motifs is 2. The van der Waals surface area contributed by atoms with E-state index in [0.717, 1.165) is 16.5 Å². The van der Waals surface area contributed by atoms with Crippen molar-refractivity contribution in [1.82, 2.24) is 4.58 Å². The monoisotopic (exact) mass is 1130 g/mol. The van der Waals surface area contributed by atoms with Gasteiger partial charge in [0.25, 0.3) is 30.4 Å². The lowest BCUT2D eigenvalue weighted by Crippen LogP contribution is -2.35. The Hall–Kier alpha value is -4.19. The molecule has 76 heavy (non-hydrogen) atoms. The van der Waals surface area contributed by atoms with Gasteiger partial charge in [-0.15, -0.1) is 0 Å². The van der Waals surface area contributed by atoms with Crippen molar-refractivity contribution in [2.24, 2.45) is 0 Å². The summed E-state index contributed by atoms with van der Waals surface area (Å²) in [7, 11) is -11.6.